The minimum Gasteiger partial charge on any atom is -0.484 e. The van der Waals surface area contributed by atoms with Crippen LogP contribution in [0, 0.1) is 0 Å². The SMILES string of the molecule is O=C(O)CCNC(=O)[C@@H]1Cc2ccc(cc2)OCC(=O)N[C@H](Cc2cccs2)C(=O)N[C@@H](Cc2ccc(-c3ccccc3)cc2)C(=O)N[C@H](CCc2ccccc2)C(=O)N1. The molecule has 5 amide bonds. The minimum atomic E-state index is -1.20. The summed E-state index contributed by atoms with van der Waals surface area (Å²) in [5.41, 5.74) is 4.25. The molecule has 2 bridgehead atoms. The van der Waals surface area contributed by atoms with Crippen LogP contribution in [0.3, 0.4) is 0 Å². The number of hydrogen-bond acceptors (Lipinski definition) is 8. The van der Waals surface area contributed by atoms with Crippen LogP contribution in [0.25, 0.3) is 11.1 Å². The number of benzene rings is 4. The van der Waals surface area contributed by atoms with Gasteiger partial charge in [-0.15, -0.1) is 11.3 Å². The van der Waals surface area contributed by atoms with E-state index in [1.165, 1.54) is 11.3 Å². The van der Waals surface area contributed by atoms with Crippen molar-refractivity contribution in [3.05, 3.63) is 148 Å². The van der Waals surface area contributed by atoms with E-state index in [9.17, 15) is 28.8 Å². The molecule has 3 heterocycles. The van der Waals surface area contributed by atoms with Crippen molar-refractivity contribution in [1.29, 1.82) is 0 Å². The fourth-order valence-electron chi connectivity index (χ4n) is 6.76. The molecule has 4 atom stereocenters. The van der Waals surface area contributed by atoms with Crippen molar-refractivity contribution in [2.24, 2.45) is 0 Å². The molecule has 0 fully saturated rings. The lowest BCUT2D eigenvalue weighted by molar-refractivity contribution is -0.137. The van der Waals surface area contributed by atoms with Crippen LogP contribution in [0.1, 0.15) is 34.4 Å². The van der Waals surface area contributed by atoms with Gasteiger partial charge in [0.05, 0.1) is 6.42 Å². The maximum atomic E-state index is 14.5. The van der Waals surface area contributed by atoms with E-state index in [1.54, 1.807) is 24.3 Å². The van der Waals surface area contributed by atoms with Crippen molar-refractivity contribution in [2.75, 3.05) is 13.2 Å². The fourth-order valence-corrected chi connectivity index (χ4v) is 7.51. The number of carboxylic acids is 1. The van der Waals surface area contributed by atoms with Gasteiger partial charge in [-0.2, -0.15) is 0 Å². The third kappa shape index (κ3) is 12.9. The minimum absolute atomic E-state index is 0.0207. The van der Waals surface area contributed by atoms with E-state index in [0.717, 1.165) is 27.1 Å². The molecule has 2 aliphatic rings. The first-order valence-corrected chi connectivity index (χ1v) is 20.6. The number of aliphatic carboxylic acids is 1. The first kappa shape index (κ1) is 42.8. The second kappa shape index (κ2) is 21.3. The molecule has 2 aliphatic heterocycles. The highest BCUT2D eigenvalue weighted by Gasteiger charge is 2.32. The van der Waals surface area contributed by atoms with E-state index >= 15 is 0 Å². The number of ether oxygens (including phenoxy) is 1. The van der Waals surface area contributed by atoms with E-state index in [-0.39, 0.29) is 38.6 Å². The average Bonchev–Trinajstić information content (AvgIpc) is 3.77. The second-order valence-electron chi connectivity index (χ2n) is 14.4. The summed E-state index contributed by atoms with van der Waals surface area (Å²) >= 11 is 1.42. The van der Waals surface area contributed by atoms with Gasteiger partial charge in [-0.25, -0.2) is 0 Å². The van der Waals surface area contributed by atoms with Gasteiger partial charge in [0, 0.05) is 30.7 Å². The van der Waals surface area contributed by atoms with Crippen molar-refractivity contribution in [3.63, 3.8) is 0 Å². The van der Waals surface area contributed by atoms with Gasteiger partial charge in [-0.1, -0.05) is 103 Å². The van der Waals surface area contributed by atoms with E-state index in [4.69, 9.17) is 9.84 Å². The normalized spacial score (nSPS) is 18.9. The summed E-state index contributed by atoms with van der Waals surface area (Å²) in [7, 11) is 0. The molecule has 0 spiro atoms. The molecule has 6 N–H and O–H groups in total. The molecule has 0 aliphatic carbocycles. The molecule has 5 aromatic rings. The number of nitrogens with one attached hydrogen (secondary N) is 5. The standard InChI is InChI=1S/C46H47N5O8S/c52-41-29-59-35-20-15-32(16-21-35)26-38(43(55)47-24-23-42(53)54)50-44(56)37(22-17-30-8-3-1-4-9-30)49-45(57)39(51-46(58)40(48-41)28-36-12-7-25-60-36)27-31-13-18-34(19-14-31)33-10-5-2-6-11-33/h1-16,18-21,25,37-40H,17,22-24,26-29H2,(H,47,55)(H,48,52)(H,49,57)(H,50,56)(H,51,58)(H,53,54)/t37-,38+,39+,40-/m1/s1. The van der Waals surface area contributed by atoms with E-state index < -0.39 is 66.3 Å². The van der Waals surface area contributed by atoms with Crippen molar-refractivity contribution in [3.8, 4) is 16.9 Å². The van der Waals surface area contributed by atoms with Gasteiger partial charge in [-0.3, -0.25) is 28.8 Å². The zero-order valence-electron chi connectivity index (χ0n) is 32.8. The summed E-state index contributed by atoms with van der Waals surface area (Å²) in [6.45, 7) is -0.566. The number of hydrogen-bond donors (Lipinski definition) is 6. The molecular formula is C46H47N5O8S. The summed E-state index contributed by atoms with van der Waals surface area (Å²) in [5.74, 6) is -3.81. The van der Waals surface area contributed by atoms with E-state index in [1.807, 2.05) is 102 Å². The number of carbonyl (C=O) groups is 6. The Labute approximate surface area is 351 Å². The maximum absolute atomic E-state index is 14.5. The van der Waals surface area contributed by atoms with Crippen molar-refractivity contribution in [1.82, 2.24) is 26.6 Å². The van der Waals surface area contributed by atoms with Gasteiger partial charge in [0.15, 0.2) is 6.61 Å². The largest absolute Gasteiger partial charge is 0.484 e. The Hall–Kier alpha value is -6.80. The molecule has 0 radical (unpaired) electrons. The number of carbonyl (C=O) groups excluding carboxylic acids is 5. The summed E-state index contributed by atoms with van der Waals surface area (Å²) in [6, 6.07) is 32.5. The molecule has 0 unspecified atom stereocenters. The number of carboxylic acid groups (broad SMARTS) is 1. The topological polar surface area (TPSA) is 192 Å². The molecule has 0 saturated heterocycles. The van der Waals surface area contributed by atoms with Crippen LogP contribution < -0.4 is 31.3 Å². The highest BCUT2D eigenvalue weighted by molar-refractivity contribution is 7.09. The van der Waals surface area contributed by atoms with Gasteiger partial charge in [-0.05, 0) is 64.2 Å². The lowest BCUT2D eigenvalue weighted by Gasteiger charge is -2.27. The van der Waals surface area contributed by atoms with Crippen molar-refractivity contribution >= 4 is 46.8 Å². The Balaban J connectivity index is 1.33. The summed E-state index contributed by atoms with van der Waals surface area (Å²) in [4.78, 5) is 81.8. The number of amides is 5. The smallest absolute Gasteiger partial charge is 0.305 e. The molecule has 310 valence electrons. The van der Waals surface area contributed by atoms with Crippen LogP contribution in [0.5, 0.6) is 5.75 Å². The van der Waals surface area contributed by atoms with E-state index in [2.05, 4.69) is 26.6 Å². The van der Waals surface area contributed by atoms with Crippen LogP contribution in [0.15, 0.2) is 127 Å². The highest BCUT2D eigenvalue weighted by atomic mass is 32.1. The Bertz CT molecular complexity index is 2220. The van der Waals surface area contributed by atoms with Crippen molar-refractivity contribution < 1.29 is 38.6 Å². The number of thiophene rings is 1. The monoisotopic (exact) mass is 829 g/mol. The number of aryl methyl sites for hydroxylation is 1. The zero-order chi connectivity index (χ0) is 42.3. The Morgan fingerprint density at radius 2 is 1.30 bits per heavy atom. The first-order chi connectivity index (χ1) is 29.1. The van der Waals surface area contributed by atoms with Crippen LogP contribution in [0.2, 0.25) is 0 Å². The molecule has 1 aromatic heterocycles. The molecule has 13 nitrogen and oxygen atoms in total. The van der Waals surface area contributed by atoms with Gasteiger partial charge in [0.25, 0.3) is 5.91 Å². The summed E-state index contributed by atoms with van der Waals surface area (Å²) < 4.78 is 5.75. The maximum Gasteiger partial charge on any atom is 0.305 e. The van der Waals surface area contributed by atoms with E-state index in [0.29, 0.717) is 17.7 Å². The van der Waals surface area contributed by atoms with Crippen LogP contribution in [0.4, 0.5) is 0 Å². The van der Waals surface area contributed by atoms with Gasteiger partial charge in [0.2, 0.25) is 23.6 Å². The Morgan fingerprint density at radius 3 is 1.97 bits per heavy atom. The first-order valence-electron chi connectivity index (χ1n) is 19.7. The Kier molecular flexibility index (Phi) is 15.2. The van der Waals surface area contributed by atoms with Crippen LogP contribution in [-0.4, -0.2) is 77.9 Å². The molecule has 7 rings (SSSR count). The highest BCUT2D eigenvalue weighted by Crippen LogP contribution is 2.21. The predicted molar refractivity (Wildman–Crippen MR) is 227 cm³/mol. The fraction of sp³-hybridized carbons (Fsp3) is 0.261. The number of rotatable bonds is 12. The number of fused-ring (bicyclic) bond motifs is 16. The van der Waals surface area contributed by atoms with Crippen LogP contribution in [-0.2, 0) is 54.5 Å². The molecule has 60 heavy (non-hydrogen) atoms. The van der Waals surface area contributed by atoms with Gasteiger partial charge in [0.1, 0.15) is 29.9 Å². The predicted octanol–water partition coefficient (Wildman–Crippen LogP) is 4.00. The van der Waals surface area contributed by atoms with Gasteiger partial charge < -0.3 is 36.4 Å². The summed E-state index contributed by atoms with van der Waals surface area (Å²) in [6.07, 6.45) is 0.436. The lowest BCUT2D eigenvalue weighted by atomic mass is 9.99. The van der Waals surface area contributed by atoms with Crippen LogP contribution >= 0.6 is 11.3 Å². The summed E-state index contributed by atoms with van der Waals surface area (Å²) in [5, 5.41) is 25.0. The zero-order valence-corrected chi connectivity index (χ0v) is 33.6. The molecule has 14 heteroatoms. The van der Waals surface area contributed by atoms with Gasteiger partial charge >= 0.3 is 5.97 Å². The molecule has 0 saturated carbocycles. The molecule has 4 aromatic carbocycles. The third-order valence-corrected chi connectivity index (χ3v) is 10.9. The average molecular weight is 830 g/mol. The second-order valence-corrected chi connectivity index (χ2v) is 15.5. The molecular weight excluding hydrogens is 783 g/mol. The van der Waals surface area contributed by atoms with Crippen molar-refractivity contribution in [2.45, 2.75) is 62.7 Å². The quantitative estimate of drug-likeness (QED) is 0.102. The third-order valence-electron chi connectivity index (χ3n) is 9.97. The lowest BCUT2D eigenvalue weighted by Crippen LogP contribution is -2.59. The Morgan fingerprint density at radius 1 is 0.667 bits per heavy atom.